The number of nitrogens with two attached hydrogens (primary N) is 1. The molecule has 2 heterocycles. The third kappa shape index (κ3) is 6.01. The molecule has 1 aromatic carbocycles. The number of ether oxygens (including phenoxy) is 1. The molecule has 0 bridgehead atoms. The average molecular weight is 528 g/mol. The average Bonchev–Trinajstić information content (AvgIpc) is 3.24. The van der Waals surface area contributed by atoms with Crippen molar-refractivity contribution in [3.63, 3.8) is 0 Å². The number of hydrogen-bond donors (Lipinski definition) is 6. The molecule has 35 heavy (non-hydrogen) atoms. The van der Waals surface area contributed by atoms with Crippen LogP contribution in [-0.2, 0) is 24.7 Å². The Morgan fingerprint density at radius 1 is 1.34 bits per heavy atom. The molecule has 1 saturated heterocycles. The number of carbonyl (C=O) groups is 2. The van der Waals surface area contributed by atoms with Crippen molar-refractivity contribution >= 4 is 50.1 Å². The highest BCUT2D eigenvalue weighted by molar-refractivity contribution is 7.84. The molecule has 0 saturated carbocycles. The first-order valence-electron chi connectivity index (χ1n) is 9.77. The Hall–Kier alpha value is -3.80. The van der Waals surface area contributed by atoms with Gasteiger partial charge in [0.15, 0.2) is 17.5 Å². The van der Waals surface area contributed by atoms with Crippen molar-refractivity contribution in [2.45, 2.75) is 19.0 Å². The first kappa shape index (κ1) is 25.8. The molecule has 1 aliphatic heterocycles. The van der Waals surface area contributed by atoms with Crippen LogP contribution in [0.3, 0.4) is 0 Å². The number of aromatic nitrogens is 1. The molecule has 2 atom stereocenters. The fourth-order valence-corrected chi connectivity index (χ4v) is 4.43. The summed E-state index contributed by atoms with van der Waals surface area (Å²) in [6, 6.07) is 4.05. The number of rotatable bonds is 10. The van der Waals surface area contributed by atoms with Crippen LogP contribution in [0.4, 0.5) is 5.13 Å². The lowest BCUT2D eigenvalue weighted by Gasteiger charge is -2.42. The molecule has 188 valence electrons. The van der Waals surface area contributed by atoms with Crippen molar-refractivity contribution in [3.05, 3.63) is 40.9 Å². The maximum atomic E-state index is 12.7. The number of amides is 2. The molecule has 1 aliphatic rings. The monoisotopic (exact) mass is 527 g/mol. The maximum absolute atomic E-state index is 12.7. The number of hydrogen-bond acceptors (Lipinski definition) is 12. The molecule has 0 aliphatic carbocycles. The highest BCUT2D eigenvalue weighted by atomic mass is 32.2. The van der Waals surface area contributed by atoms with Gasteiger partial charge in [0.2, 0.25) is 0 Å². The summed E-state index contributed by atoms with van der Waals surface area (Å²) in [5.41, 5.74) is 7.57. The van der Waals surface area contributed by atoms with E-state index in [9.17, 15) is 18.0 Å². The summed E-state index contributed by atoms with van der Waals surface area (Å²) in [5, 5.41) is 23.9. The van der Waals surface area contributed by atoms with Crippen LogP contribution in [0.15, 0.2) is 34.8 Å². The smallest absolute Gasteiger partial charge is 0.362 e. The van der Waals surface area contributed by atoms with E-state index in [0.717, 1.165) is 11.3 Å². The zero-order valence-corrected chi connectivity index (χ0v) is 19.7. The SMILES string of the molecule is C[C@H]1[C@H](NC(=O)/C(=N\OCCOc2ccc(C(=N)NO)cc2)c2csc(N)n2)C(=O)N1S(=O)(=O)O. The molecule has 3 rings (SSSR count). The zero-order valence-electron chi connectivity index (χ0n) is 18.0. The van der Waals surface area contributed by atoms with Crippen LogP contribution in [0, 0.1) is 5.41 Å². The Bertz CT molecular complexity index is 1250. The standard InChI is InChI=1S/C18H21N7O8S2/c1-9-13(17(27)25(9)35(29,30)31)22-16(26)14(12-8-34-18(20)21-12)24-33-7-6-32-11-4-2-10(3-5-11)15(19)23-28/h2-5,8-9,13,28H,6-7H2,1H3,(H2,19,23)(H2,20,21)(H,22,26)(H,29,30,31)/b24-14-/t9-,13-/m0/s1. The van der Waals surface area contributed by atoms with Crippen LogP contribution in [0.2, 0.25) is 0 Å². The Labute approximate surface area is 202 Å². The molecular formula is C18H21N7O8S2. The number of benzene rings is 1. The van der Waals surface area contributed by atoms with Gasteiger partial charge in [0.1, 0.15) is 29.9 Å². The predicted molar refractivity (Wildman–Crippen MR) is 122 cm³/mol. The fraction of sp³-hybridized carbons (Fsp3) is 0.278. The van der Waals surface area contributed by atoms with Gasteiger partial charge in [-0.2, -0.15) is 8.42 Å². The van der Waals surface area contributed by atoms with Gasteiger partial charge in [0.05, 0.1) is 6.04 Å². The second-order valence-electron chi connectivity index (χ2n) is 7.01. The highest BCUT2D eigenvalue weighted by Crippen LogP contribution is 2.23. The number of nitrogens with zero attached hydrogens (tertiary/aromatic N) is 3. The molecule has 17 heteroatoms. The normalized spacial score (nSPS) is 18.0. The summed E-state index contributed by atoms with van der Waals surface area (Å²) < 4.78 is 37.3. The van der Waals surface area contributed by atoms with Gasteiger partial charge in [-0.15, -0.1) is 11.3 Å². The first-order valence-corrected chi connectivity index (χ1v) is 12.1. The number of oxime groups is 1. The molecule has 7 N–H and O–H groups in total. The summed E-state index contributed by atoms with van der Waals surface area (Å²) in [4.78, 5) is 33.9. The quantitative estimate of drug-likeness (QED) is 0.0567. The van der Waals surface area contributed by atoms with Gasteiger partial charge in [-0.25, -0.2) is 9.29 Å². The van der Waals surface area contributed by atoms with Crippen molar-refractivity contribution in [2.24, 2.45) is 5.16 Å². The minimum atomic E-state index is -4.74. The zero-order chi connectivity index (χ0) is 25.8. The van der Waals surface area contributed by atoms with Crippen LogP contribution >= 0.6 is 11.3 Å². The largest absolute Gasteiger partial charge is 0.490 e. The third-order valence-corrected chi connectivity index (χ3v) is 6.39. The Kier molecular flexibility index (Phi) is 7.85. The van der Waals surface area contributed by atoms with E-state index >= 15 is 0 Å². The number of anilines is 1. The molecule has 1 aromatic heterocycles. The number of thiazole rings is 1. The van der Waals surface area contributed by atoms with Gasteiger partial charge in [-0.05, 0) is 31.2 Å². The predicted octanol–water partition coefficient (Wildman–Crippen LogP) is -0.653. The number of nitrogen functional groups attached to an aromatic ring is 1. The summed E-state index contributed by atoms with van der Waals surface area (Å²) in [5.74, 6) is -1.59. The highest BCUT2D eigenvalue weighted by Gasteiger charge is 2.51. The minimum absolute atomic E-state index is 0.0358. The number of hydroxylamine groups is 1. The molecule has 0 unspecified atom stereocenters. The second-order valence-corrected chi connectivity index (χ2v) is 9.19. The maximum Gasteiger partial charge on any atom is 0.362 e. The lowest BCUT2D eigenvalue weighted by molar-refractivity contribution is -0.143. The number of nitrogens with one attached hydrogen (secondary N) is 3. The van der Waals surface area contributed by atoms with Gasteiger partial charge in [0.25, 0.3) is 11.8 Å². The van der Waals surface area contributed by atoms with Crippen molar-refractivity contribution in [1.82, 2.24) is 20.1 Å². The van der Waals surface area contributed by atoms with Crippen molar-refractivity contribution in [3.8, 4) is 5.75 Å². The van der Waals surface area contributed by atoms with E-state index in [4.69, 9.17) is 30.5 Å². The fourth-order valence-electron chi connectivity index (χ4n) is 3.00. The third-order valence-electron chi connectivity index (χ3n) is 4.70. The second kappa shape index (κ2) is 10.6. The van der Waals surface area contributed by atoms with Gasteiger partial charge >= 0.3 is 10.3 Å². The topological polar surface area (TPSA) is 230 Å². The van der Waals surface area contributed by atoms with Gasteiger partial charge in [-0.3, -0.25) is 30.2 Å². The van der Waals surface area contributed by atoms with E-state index in [-0.39, 0.29) is 39.9 Å². The van der Waals surface area contributed by atoms with E-state index in [2.05, 4.69) is 15.5 Å². The lowest BCUT2D eigenvalue weighted by Crippen LogP contribution is -2.71. The lowest BCUT2D eigenvalue weighted by atomic mass is 10.0. The molecule has 15 nitrogen and oxygen atoms in total. The van der Waals surface area contributed by atoms with Crippen LogP contribution in [-0.4, -0.2) is 76.1 Å². The van der Waals surface area contributed by atoms with E-state index in [1.54, 1.807) is 29.7 Å². The van der Waals surface area contributed by atoms with E-state index in [1.165, 1.54) is 12.3 Å². The van der Waals surface area contributed by atoms with Crippen LogP contribution in [0.1, 0.15) is 18.2 Å². The molecule has 0 spiro atoms. The number of β-lactam (4-membered cyclic amide) rings is 1. The van der Waals surface area contributed by atoms with Crippen molar-refractivity contribution in [1.29, 1.82) is 5.41 Å². The summed E-state index contributed by atoms with van der Waals surface area (Å²) >= 11 is 1.04. The van der Waals surface area contributed by atoms with Gasteiger partial charge in [0, 0.05) is 10.9 Å². The molecular weight excluding hydrogens is 506 g/mol. The van der Waals surface area contributed by atoms with E-state index < -0.39 is 34.2 Å². The Morgan fingerprint density at radius 3 is 2.57 bits per heavy atom. The molecule has 2 amide bonds. The minimum Gasteiger partial charge on any atom is -0.490 e. The van der Waals surface area contributed by atoms with Crippen LogP contribution in [0.5, 0.6) is 5.75 Å². The Morgan fingerprint density at radius 2 is 2.03 bits per heavy atom. The summed E-state index contributed by atoms with van der Waals surface area (Å²) in [6.45, 7) is 1.29. The Balaban J connectivity index is 1.60. The van der Waals surface area contributed by atoms with Crippen molar-refractivity contribution < 1.29 is 37.3 Å². The van der Waals surface area contributed by atoms with Crippen LogP contribution in [0.25, 0.3) is 0 Å². The van der Waals surface area contributed by atoms with E-state index in [0.29, 0.717) is 11.3 Å². The first-order chi connectivity index (χ1) is 16.5. The molecule has 0 radical (unpaired) electrons. The van der Waals surface area contributed by atoms with Crippen molar-refractivity contribution in [2.75, 3.05) is 18.9 Å². The number of carbonyl (C=O) groups excluding carboxylic acids is 2. The molecule has 2 aromatic rings. The van der Waals surface area contributed by atoms with Gasteiger partial charge < -0.3 is 20.6 Å². The van der Waals surface area contributed by atoms with Crippen LogP contribution < -0.4 is 21.3 Å². The van der Waals surface area contributed by atoms with Gasteiger partial charge in [-0.1, -0.05) is 5.16 Å². The summed E-state index contributed by atoms with van der Waals surface area (Å²) in [7, 11) is -4.74. The summed E-state index contributed by atoms with van der Waals surface area (Å²) in [6.07, 6.45) is 0. The van der Waals surface area contributed by atoms with E-state index in [1.807, 2.05) is 0 Å². The molecule has 1 fully saturated rings. The number of amidine groups is 1.